The minimum absolute atomic E-state index is 0.275. The number of likely N-dealkylation sites (tertiary alicyclic amines) is 1. The fourth-order valence-electron chi connectivity index (χ4n) is 3.67. The van der Waals surface area contributed by atoms with Crippen LogP contribution in [0.3, 0.4) is 0 Å². The van der Waals surface area contributed by atoms with Crippen LogP contribution < -0.4 is 5.32 Å². The lowest BCUT2D eigenvalue weighted by atomic mass is 9.74. The number of nitriles is 1. The predicted molar refractivity (Wildman–Crippen MR) is 115 cm³/mol. The van der Waals surface area contributed by atoms with E-state index in [-0.39, 0.29) is 6.03 Å². The number of urea groups is 1. The molecule has 1 aliphatic heterocycles. The van der Waals surface area contributed by atoms with E-state index in [4.69, 9.17) is 4.74 Å². The molecule has 1 N–H and O–H groups in total. The lowest BCUT2D eigenvalue weighted by molar-refractivity contribution is 0.0501. The van der Waals surface area contributed by atoms with E-state index in [0.717, 1.165) is 18.4 Å². The molecule has 1 fully saturated rings. The number of piperidine rings is 1. The number of ether oxygens (including phenoxy) is 1. The minimum atomic E-state index is -0.570. The first-order valence-electron chi connectivity index (χ1n) is 10.4. The molecule has 2 aromatic carbocycles. The number of benzene rings is 2. The van der Waals surface area contributed by atoms with Crippen LogP contribution in [0, 0.1) is 11.3 Å². The molecule has 2 amide bonds. The number of carbonyl (C=O) groups is 2. The number of hydrogen-bond acceptors (Lipinski definition) is 4. The number of anilines is 1. The second-order valence-corrected chi connectivity index (χ2v) is 7.51. The molecule has 0 saturated carbocycles. The maximum atomic E-state index is 12.8. The quantitative estimate of drug-likeness (QED) is 0.556. The van der Waals surface area contributed by atoms with Crippen LogP contribution in [0.25, 0.3) is 0 Å². The van der Waals surface area contributed by atoms with Gasteiger partial charge in [0.1, 0.15) is 0 Å². The molecule has 0 aromatic heterocycles. The molecule has 1 heterocycles. The van der Waals surface area contributed by atoms with Crippen LogP contribution in [-0.4, -0.2) is 36.6 Å². The number of nitrogens with zero attached hydrogens (tertiary/aromatic N) is 2. The first kappa shape index (κ1) is 21.4. The largest absolute Gasteiger partial charge is 0.462 e. The molecular formula is C24H27N3O3. The van der Waals surface area contributed by atoms with E-state index >= 15 is 0 Å². The van der Waals surface area contributed by atoms with E-state index in [2.05, 4.69) is 11.4 Å². The summed E-state index contributed by atoms with van der Waals surface area (Å²) in [5.41, 5.74) is 1.20. The molecule has 0 atom stereocenters. The maximum Gasteiger partial charge on any atom is 0.340 e. The summed E-state index contributed by atoms with van der Waals surface area (Å²) in [5, 5.41) is 12.7. The van der Waals surface area contributed by atoms with Gasteiger partial charge in [-0.25, -0.2) is 9.59 Å². The Balaban J connectivity index is 1.64. The highest BCUT2D eigenvalue weighted by Gasteiger charge is 2.37. The van der Waals surface area contributed by atoms with E-state index < -0.39 is 11.4 Å². The lowest BCUT2D eigenvalue weighted by Gasteiger charge is -2.37. The predicted octanol–water partition coefficient (Wildman–Crippen LogP) is 4.73. The van der Waals surface area contributed by atoms with E-state index in [1.807, 2.05) is 37.3 Å². The van der Waals surface area contributed by atoms with Crippen molar-refractivity contribution in [2.45, 2.75) is 38.0 Å². The summed E-state index contributed by atoms with van der Waals surface area (Å²) in [7, 11) is 0. The molecular weight excluding hydrogens is 378 g/mol. The van der Waals surface area contributed by atoms with Crippen LogP contribution in [0.1, 0.15) is 48.5 Å². The van der Waals surface area contributed by atoms with E-state index in [9.17, 15) is 14.9 Å². The second kappa shape index (κ2) is 9.93. The number of nitrogens with one attached hydrogen (secondary N) is 1. The topological polar surface area (TPSA) is 82.4 Å². The zero-order valence-electron chi connectivity index (χ0n) is 17.3. The summed E-state index contributed by atoms with van der Waals surface area (Å²) in [6, 6.07) is 18.8. The normalized spacial score (nSPS) is 15.1. The third-order valence-corrected chi connectivity index (χ3v) is 5.56. The van der Waals surface area contributed by atoms with Crippen molar-refractivity contribution >= 4 is 17.7 Å². The molecule has 6 nitrogen and oxygen atoms in total. The van der Waals surface area contributed by atoms with Crippen LogP contribution >= 0.6 is 0 Å². The standard InChI is InChI=1S/C24H27N3O3/c1-2-3-17-30-22(28)20-11-7-8-12-21(20)26-23(29)27-15-13-24(18-25,14-16-27)19-9-5-4-6-10-19/h4-12H,2-3,13-17H2,1H3,(H,26,29). The van der Waals surface area contributed by atoms with Gasteiger partial charge in [-0.3, -0.25) is 0 Å². The van der Waals surface area contributed by atoms with Crippen molar-refractivity contribution in [3.05, 3.63) is 65.7 Å². The zero-order chi connectivity index (χ0) is 21.4. The summed E-state index contributed by atoms with van der Waals surface area (Å²) < 4.78 is 5.29. The van der Waals surface area contributed by atoms with E-state index in [0.29, 0.717) is 43.8 Å². The monoisotopic (exact) mass is 405 g/mol. The highest BCUT2D eigenvalue weighted by molar-refractivity contribution is 6.00. The Kier molecular flexibility index (Phi) is 7.08. The van der Waals surface area contributed by atoms with Gasteiger partial charge in [0.2, 0.25) is 0 Å². The Morgan fingerprint density at radius 2 is 1.77 bits per heavy atom. The SMILES string of the molecule is CCCCOC(=O)c1ccccc1NC(=O)N1CCC(C#N)(c2ccccc2)CC1. The Bertz CT molecular complexity index is 913. The Morgan fingerprint density at radius 1 is 1.10 bits per heavy atom. The Morgan fingerprint density at radius 3 is 2.43 bits per heavy atom. The van der Waals surface area contributed by atoms with Gasteiger partial charge in [-0.1, -0.05) is 55.8 Å². The molecule has 0 aliphatic carbocycles. The van der Waals surface area contributed by atoms with Crippen LogP contribution in [0.5, 0.6) is 0 Å². The Labute approximate surface area is 177 Å². The zero-order valence-corrected chi connectivity index (χ0v) is 17.3. The van der Waals surface area contributed by atoms with E-state index in [1.54, 1.807) is 29.2 Å². The summed E-state index contributed by atoms with van der Waals surface area (Å²) >= 11 is 0. The van der Waals surface area contributed by atoms with Gasteiger partial charge in [-0.15, -0.1) is 0 Å². The van der Waals surface area contributed by atoms with Gasteiger partial charge in [-0.2, -0.15) is 5.26 Å². The van der Waals surface area contributed by atoms with Gasteiger partial charge in [0, 0.05) is 13.1 Å². The third kappa shape index (κ3) is 4.80. The van der Waals surface area contributed by atoms with Gasteiger partial charge >= 0.3 is 12.0 Å². The van der Waals surface area contributed by atoms with Crippen molar-refractivity contribution < 1.29 is 14.3 Å². The number of rotatable bonds is 6. The molecule has 1 saturated heterocycles. The molecule has 1 aliphatic rings. The highest BCUT2D eigenvalue weighted by atomic mass is 16.5. The average Bonchev–Trinajstić information content (AvgIpc) is 2.80. The summed E-state index contributed by atoms with van der Waals surface area (Å²) in [4.78, 5) is 26.9. The molecule has 3 rings (SSSR count). The molecule has 0 radical (unpaired) electrons. The smallest absolute Gasteiger partial charge is 0.340 e. The van der Waals surface area contributed by atoms with Crippen molar-refractivity contribution in [2.75, 3.05) is 25.0 Å². The van der Waals surface area contributed by atoms with Crippen molar-refractivity contribution in [1.29, 1.82) is 5.26 Å². The number of para-hydroxylation sites is 1. The second-order valence-electron chi connectivity index (χ2n) is 7.51. The maximum absolute atomic E-state index is 12.8. The van der Waals surface area contributed by atoms with Gasteiger partial charge in [-0.05, 0) is 37.0 Å². The number of hydrogen-bond donors (Lipinski definition) is 1. The summed E-state index contributed by atoms with van der Waals surface area (Å²) in [5.74, 6) is -0.439. The van der Waals surface area contributed by atoms with Gasteiger partial charge in [0.25, 0.3) is 0 Å². The number of esters is 1. The van der Waals surface area contributed by atoms with Crippen molar-refractivity contribution in [3.8, 4) is 6.07 Å². The van der Waals surface area contributed by atoms with Crippen molar-refractivity contribution in [1.82, 2.24) is 4.90 Å². The van der Waals surface area contributed by atoms with Crippen LogP contribution in [0.2, 0.25) is 0 Å². The van der Waals surface area contributed by atoms with E-state index in [1.165, 1.54) is 0 Å². The first-order chi connectivity index (χ1) is 14.6. The molecule has 156 valence electrons. The molecule has 0 bridgehead atoms. The molecule has 2 aromatic rings. The summed E-state index contributed by atoms with van der Waals surface area (Å²) in [6.07, 6.45) is 2.88. The molecule has 6 heteroatoms. The average molecular weight is 405 g/mol. The number of amides is 2. The van der Waals surface area contributed by atoms with Crippen LogP contribution in [0.4, 0.5) is 10.5 Å². The highest BCUT2D eigenvalue weighted by Crippen LogP contribution is 2.35. The first-order valence-corrected chi connectivity index (χ1v) is 10.4. The molecule has 30 heavy (non-hydrogen) atoms. The number of carbonyl (C=O) groups excluding carboxylic acids is 2. The van der Waals surface area contributed by atoms with Crippen molar-refractivity contribution in [3.63, 3.8) is 0 Å². The fourth-order valence-corrected chi connectivity index (χ4v) is 3.67. The Hall–Kier alpha value is -3.33. The third-order valence-electron chi connectivity index (χ3n) is 5.56. The minimum Gasteiger partial charge on any atom is -0.462 e. The van der Waals surface area contributed by atoms with Gasteiger partial charge in [0.05, 0.1) is 29.3 Å². The van der Waals surface area contributed by atoms with Crippen LogP contribution in [0.15, 0.2) is 54.6 Å². The van der Waals surface area contributed by atoms with Crippen LogP contribution in [-0.2, 0) is 10.2 Å². The van der Waals surface area contributed by atoms with Gasteiger partial charge < -0.3 is 15.0 Å². The fraction of sp³-hybridized carbons (Fsp3) is 0.375. The van der Waals surface area contributed by atoms with Crippen molar-refractivity contribution in [2.24, 2.45) is 0 Å². The summed E-state index contributed by atoms with van der Waals surface area (Å²) in [6.45, 7) is 3.33. The number of unbranched alkanes of at least 4 members (excludes halogenated alkanes) is 1. The van der Waals surface area contributed by atoms with Gasteiger partial charge in [0.15, 0.2) is 0 Å². The molecule has 0 spiro atoms. The molecule has 0 unspecified atom stereocenters. The lowest BCUT2D eigenvalue weighted by Crippen LogP contribution is -2.46.